The van der Waals surface area contributed by atoms with Gasteiger partial charge in [-0.05, 0) is 18.9 Å². The van der Waals surface area contributed by atoms with Gasteiger partial charge in [0.05, 0.1) is 12.3 Å². The van der Waals surface area contributed by atoms with Crippen LogP contribution in [0, 0.1) is 17.2 Å². The van der Waals surface area contributed by atoms with E-state index in [-0.39, 0.29) is 23.6 Å². The molecule has 0 aromatic carbocycles. The van der Waals surface area contributed by atoms with Gasteiger partial charge < -0.3 is 10.6 Å². The molecule has 4 heterocycles. The summed E-state index contributed by atoms with van der Waals surface area (Å²) in [6, 6.07) is 3.25. The van der Waals surface area contributed by atoms with Gasteiger partial charge in [-0.2, -0.15) is 5.26 Å². The van der Waals surface area contributed by atoms with E-state index >= 15 is 0 Å². The van der Waals surface area contributed by atoms with Crippen LogP contribution in [0.3, 0.4) is 0 Å². The first-order chi connectivity index (χ1) is 14.1. The fourth-order valence-electron chi connectivity index (χ4n) is 3.59. The van der Waals surface area contributed by atoms with E-state index in [1.165, 1.54) is 28.7 Å². The number of hydrogen-bond donors (Lipinski definition) is 1. The van der Waals surface area contributed by atoms with E-state index in [9.17, 15) is 9.59 Å². The molecule has 150 valence electrons. The summed E-state index contributed by atoms with van der Waals surface area (Å²) in [5, 5.41) is 12.6. The molecule has 2 aliphatic heterocycles. The van der Waals surface area contributed by atoms with E-state index in [1.54, 1.807) is 0 Å². The molecule has 2 aromatic rings. The second-order valence-electron chi connectivity index (χ2n) is 6.86. The highest BCUT2D eigenvalue weighted by Crippen LogP contribution is 2.34. The first-order valence-corrected chi connectivity index (χ1v) is 10.1. The standard InChI is InChI=1S/C18H19N7O3S/c19-9-15-22-13(10-29-15)14-4-8-28-25(14)17(27)11-2-6-24(7-3-11)18-21-5-1-12(23-18)16(20)26/h1,5,10-11,14H,2-4,6-8H2,(H2,20,26)/t14-/m0/s1. The molecule has 2 aromatic heterocycles. The summed E-state index contributed by atoms with van der Waals surface area (Å²) in [5.41, 5.74) is 6.15. The van der Waals surface area contributed by atoms with Gasteiger partial charge in [-0.1, -0.05) is 0 Å². The number of nitrogens with two attached hydrogens (primary N) is 1. The highest BCUT2D eigenvalue weighted by atomic mass is 32.1. The van der Waals surface area contributed by atoms with Crippen molar-refractivity contribution in [2.24, 2.45) is 11.7 Å². The third-order valence-electron chi connectivity index (χ3n) is 5.10. The maximum Gasteiger partial charge on any atom is 0.267 e. The quantitative estimate of drug-likeness (QED) is 0.784. The minimum Gasteiger partial charge on any atom is -0.364 e. The van der Waals surface area contributed by atoms with Crippen LogP contribution in [0.25, 0.3) is 0 Å². The number of nitriles is 1. The Bertz CT molecular complexity index is 964. The van der Waals surface area contributed by atoms with Crippen LogP contribution in [-0.4, -0.2) is 51.5 Å². The van der Waals surface area contributed by atoms with Gasteiger partial charge in [0.1, 0.15) is 17.8 Å². The van der Waals surface area contributed by atoms with Gasteiger partial charge in [0.15, 0.2) is 5.01 Å². The van der Waals surface area contributed by atoms with Crippen molar-refractivity contribution >= 4 is 29.1 Å². The second kappa shape index (κ2) is 8.10. The minimum absolute atomic E-state index is 0.0644. The number of anilines is 1. The Morgan fingerprint density at radius 3 is 2.76 bits per heavy atom. The van der Waals surface area contributed by atoms with E-state index in [0.29, 0.717) is 55.6 Å². The smallest absolute Gasteiger partial charge is 0.267 e. The van der Waals surface area contributed by atoms with Gasteiger partial charge in [-0.25, -0.2) is 20.0 Å². The molecule has 1 atom stereocenters. The van der Waals surface area contributed by atoms with E-state index in [2.05, 4.69) is 15.0 Å². The van der Waals surface area contributed by atoms with Crippen molar-refractivity contribution in [1.29, 1.82) is 5.26 Å². The molecular formula is C18H19N7O3S. The zero-order valence-electron chi connectivity index (χ0n) is 15.5. The van der Waals surface area contributed by atoms with Crippen LogP contribution in [0.4, 0.5) is 5.95 Å². The fraction of sp³-hybridized carbons (Fsp3) is 0.444. The third kappa shape index (κ3) is 3.90. The maximum absolute atomic E-state index is 13.0. The Morgan fingerprint density at radius 2 is 2.07 bits per heavy atom. The normalized spacial score (nSPS) is 19.9. The van der Waals surface area contributed by atoms with Crippen LogP contribution in [0.15, 0.2) is 17.6 Å². The summed E-state index contributed by atoms with van der Waals surface area (Å²) < 4.78 is 0. The molecule has 2 saturated heterocycles. The summed E-state index contributed by atoms with van der Waals surface area (Å²) in [4.78, 5) is 44.6. The van der Waals surface area contributed by atoms with Crippen molar-refractivity contribution in [2.75, 3.05) is 24.6 Å². The van der Waals surface area contributed by atoms with Crippen LogP contribution in [-0.2, 0) is 9.63 Å². The monoisotopic (exact) mass is 413 g/mol. The number of aromatic nitrogens is 3. The van der Waals surface area contributed by atoms with E-state index in [1.807, 2.05) is 16.3 Å². The van der Waals surface area contributed by atoms with E-state index < -0.39 is 5.91 Å². The summed E-state index contributed by atoms with van der Waals surface area (Å²) in [6.45, 7) is 1.63. The largest absolute Gasteiger partial charge is 0.364 e. The molecule has 2 fully saturated rings. The maximum atomic E-state index is 13.0. The molecule has 0 bridgehead atoms. The van der Waals surface area contributed by atoms with Crippen molar-refractivity contribution in [2.45, 2.75) is 25.3 Å². The van der Waals surface area contributed by atoms with Crippen molar-refractivity contribution < 1.29 is 14.4 Å². The summed E-state index contributed by atoms with van der Waals surface area (Å²) in [5.74, 6) is -0.405. The average molecular weight is 413 g/mol. The molecule has 0 spiro atoms. The van der Waals surface area contributed by atoms with E-state index in [4.69, 9.17) is 15.8 Å². The summed E-state index contributed by atoms with van der Waals surface area (Å²) >= 11 is 1.27. The predicted molar refractivity (Wildman–Crippen MR) is 102 cm³/mol. The second-order valence-corrected chi connectivity index (χ2v) is 7.72. The molecule has 2 amide bonds. The molecular weight excluding hydrogens is 394 g/mol. The van der Waals surface area contributed by atoms with Crippen LogP contribution >= 0.6 is 11.3 Å². The Labute approximate surface area is 170 Å². The summed E-state index contributed by atoms with van der Waals surface area (Å²) in [7, 11) is 0. The lowest BCUT2D eigenvalue weighted by Gasteiger charge is -2.33. The molecule has 2 aliphatic rings. The van der Waals surface area contributed by atoms with Gasteiger partial charge in [0.2, 0.25) is 11.9 Å². The first kappa shape index (κ1) is 19.2. The minimum atomic E-state index is -0.600. The highest BCUT2D eigenvalue weighted by molar-refractivity contribution is 7.10. The number of hydroxylamine groups is 2. The number of carbonyl (C=O) groups excluding carboxylic acids is 2. The number of carbonyl (C=O) groups is 2. The molecule has 2 N–H and O–H groups in total. The zero-order chi connectivity index (χ0) is 20.4. The van der Waals surface area contributed by atoms with Crippen molar-refractivity contribution in [3.63, 3.8) is 0 Å². The number of thiazole rings is 1. The lowest BCUT2D eigenvalue weighted by atomic mass is 9.95. The van der Waals surface area contributed by atoms with E-state index in [0.717, 1.165) is 0 Å². The third-order valence-corrected chi connectivity index (χ3v) is 5.87. The predicted octanol–water partition coefficient (Wildman–Crippen LogP) is 1.03. The molecule has 0 radical (unpaired) electrons. The fourth-order valence-corrected chi connectivity index (χ4v) is 4.24. The highest BCUT2D eigenvalue weighted by Gasteiger charge is 2.38. The Hall–Kier alpha value is -3.10. The van der Waals surface area contributed by atoms with Gasteiger partial charge in [0, 0.05) is 37.0 Å². The lowest BCUT2D eigenvalue weighted by Crippen LogP contribution is -2.42. The number of amides is 2. The number of primary amides is 1. The average Bonchev–Trinajstić information content (AvgIpc) is 3.42. The zero-order valence-corrected chi connectivity index (χ0v) is 16.3. The first-order valence-electron chi connectivity index (χ1n) is 9.26. The molecule has 0 saturated carbocycles. The number of nitrogens with zero attached hydrogens (tertiary/aromatic N) is 6. The molecule has 0 aliphatic carbocycles. The molecule has 0 unspecified atom stereocenters. The van der Waals surface area contributed by atoms with Gasteiger partial charge in [-0.15, -0.1) is 11.3 Å². The Kier molecular flexibility index (Phi) is 5.37. The van der Waals surface area contributed by atoms with Crippen molar-refractivity contribution in [3.8, 4) is 6.07 Å². The van der Waals surface area contributed by atoms with Gasteiger partial charge in [-0.3, -0.25) is 14.4 Å². The van der Waals surface area contributed by atoms with Crippen molar-refractivity contribution in [3.05, 3.63) is 34.0 Å². The Morgan fingerprint density at radius 1 is 1.28 bits per heavy atom. The molecule has 29 heavy (non-hydrogen) atoms. The number of piperidine rings is 1. The van der Waals surface area contributed by atoms with Crippen molar-refractivity contribution in [1.82, 2.24) is 20.0 Å². The van der Waals surface area contributed by atoms with Crippen LogP contribution < -0.4 is 10.6 Å². The summed E-state index contributed by atoms with van der Waals surface area (Å²) in [6.07, 6.45) is 3.41. The SMILES string of the molecule is N#Cc1nc([C@@H]2CCON2C(=O)C2CCN(c3nccc(C(N)=O)n3)CC2)cs1. The lowest BCUT2D eigenvalue weighted by molar-refractivity contribution is -0.182. The van der Waals surface area contributed by atoms with Gasteiger partial charge >= 0.3 is 0 Å². The topological polar surface area (TPSA) is 138 Å². The molecule has 11 heteroatoms. The number of rotatable bonds is 4. The Balaban J connectivity index is 1.40. The number of hydrogen-bond acceptors (Lipinski definition) is 9. The van der Waals surface area contributed by atoms with Crippen LogP contribution in [0.5, 0.6) is 0 Å². The molecule has 10 nitrogen and oxygen atoms in total. The van der Waals surface area contributed by atoms with Crippen LogP contribution in [0.1, 0.15) is 46.5 Å². The molecule has 4 rings (SSSR count). The van der Waals surface area contributed by atoms with Gasteiger partial charge in [0.25, 0.3) is 5.91 Å². The van der Waals surface area contributed by atoms with Crippen LogP contribution in [0.2, 0.25) is 0 Å².